The van der Waals surface area contributed by atoms with Gasteiger partial charge in [0.05, 0.1) is 24.7 Å². The van der Waals surface area contributed by atoms with Gasteiger partial charge in [-0.3, -0.25) is 0 Å². The number of hydrogen-bond donors (Lipinski definition) is 1. The maximum Gasteiger partial charge on any atom is 0.161 e. The Bertz CT molecular complexity index is 503. The van der Waals surface area contributed by atoms with Crippen molar-refractivity contribution in [2.45, 2.75) is 25.3 Å². The second kappa shape index (κ2) is 4.18. The highest BCUT2D eigenvalue weighted by Gasteiger charge is 2.49. The van der Waals surface area contributed by atoms with Gasteiger partial charge >= 0.3 is 0 Å². The smallest absolute Gasteiger partial charge is 0.161 e. The molecule has 1 aliphatic carbocycles. The van der Waals surface area contributed by atoms with Gasteiger partial charge in [0.2, 0.25) is 0 Å². The number of nitrogens with two attached hydrogens (primary N) is 1. The summed E-state index contributed by atoms with van der Waals surface area (Å²) >= 11 is 0. The van der Waals surface area contributed by atoms with E-state index in [4.69, 9.17) is 15.2 Å². The van der Waals surface area contributed by atoms with E-state index in [1.807, 2.05) is 18.2 Å². The summed E-state index contributed by atoms with van der Waals surface area (Å²) in [7, 11) is 0. The second-order valence-electron chi connectivity index (χ2n) is 5.00. The standard InChI is InChI=1S/C14H16N2O2/c15-9-14(4-5-14)13(16)10-2-3-11-12(8-10)18-7-1-6-17-11/h2-3,8,13H,1,4-7,16H2. The Labute approximate surface area is 106 Å². The molecule has 0 aromatic heterocycles. The maximum absolute atomic E-state index is 9.19. The lowest BCUT2D eigenvalue weighted by Gasteiger charge is -2.18. The van der Waals surface area contributed by atoms with E-state index in [0.717, 1.165) is 36.3 Å². The highest BCUT2D eigenvalue weighted by molar-refractivity contribution is 5.45. The highest BCUT2D eigenvalue weighted by atomic mass is 16.5. The van der Waals surface area contributed by atoms with Crippen LogP contribution in [0.1, 0.15) is 30.9 Å². The summed E-state index contributed by atoms with van der Waals surface area (Å²) in [5.74, 6) is 1.51. The number of fused-ring (bicyclic) bond motifs is 1. The molecule has 0 amide bonds. The molecule has 1 atom stereocenters. The van der Waals surface area contributed by atoms with Gasteiger partial charge < -0.3 is 15.2 Å². The third-order valence-corrected chi connectivity index (χ3v) is 3.74. The Balaban J connectivity index is 1.90. The topological polar surface area (TPSA) is 68.3 Å². The molecule has 1 heterocycles. The molecule has 0 spiro atoms. The zero-order valence-corrected chi connectivity index (χ0v) is 10.2. The largest absolute Gasteiger partial charge is 0.490 e. The van der Waals surface area contributed by atoms with Crippen LogP contribution in [0.5, 0.6) is 11.5 Å². The molecule has 1 aromatic carbocycles. The highest BCUT2D eigenvalue weighted by Crippen LogP contribution is 2.53. The van der Waals surface area contributed by atoms with Crippen LogP contribution in [-0.4, -0.2) is 13.2 Å². The van der Waals surface area contributed by atoms with Crippen LogP contribution in [0.2, 0.25) is 0 Å². The van der Waals surface area contributed by atoms with Crippen molar-refractivity contribution in [2.24, 2.45) is 11.1 Å². The summed E-state index contributed by atoms with van der Waals surface area (Å²) in [6, 6.07) is 7.86. The lowest BCUT2D eigenvalue weighted by atomic mass is 9.92. The van der Waals surface area contributed by atoms with Gasteiger partial charge in [-0.25, -0.2) is 0 Å². The van der Waals surface area contributed by atoms with Gasteiger partial charge in [-0.2, -0.15) is 5.26 Å². The first kappa shape index (κ1) is 11.4. The van der Waals surface area contributed by atoms with Crippen LogP contribution < -0.4 is 15.2 Å². The average Bonchev–Trinajstić information content (AvgIpc) is 3.21. The quantitative estimate of drug-likeness (QED) is 0.865. The fourth-order valence-corrected chi connectivity index (χ4v) is 2.32. The minimum Gasteiger partial charge on any atom is -0.490 e. The fraction of sp³-hybridized carbons (Fsp3) is 0.500. The van der Waals surface area contributed by atoms with E-state index in [1.165, 1.54) is 0 Å². The van der Waals surface area contributed by atoms with Crippen LogP contribution in [0.15, 0.2) is 18.2 Å². The molecule has 4 heteroatoms. The Morgan fingerprint density at radius 1 is 1.22 bits per heavy atom. The van der Waals surface area contributed by atoms with Gasteiger partial charge in [0.25, 0.3) is 0 Å². The number of nitrogens with zero attached hydrogens (tertiary/aromatic N) is 1. The van der Waals surface area contributed by atoms with Crippen molar-refractivity contribution in [3.63, 3.8) is 0 Å². The summed E-state index contributed by atoms with van der Waals surface area (Å²) in [6.07, 6.45) is 2.66. The molecule has 1 unspecified atom stereocenters. The minimum absolute atomic E-state index is 0.236. The molecule has 1 saturated carbocycles. The van der Waals surface area contributed by atoms with Gasteiger partial charge in [-0.1, -0.05) is 6.07 Å². The van der Waals surface area contributed by atoms with Crippen molar-refractivity contribution in [3.05, 3.63) is 23.8 Å². The van der Waals surface area contributed by atoms with Crippen molar-refractivity contribution in [1.29, 1.82) is 5.26 Å². The molecule has 1 fully saturated rings. The maximum atomic E-state index is 9.19. The molecule has 1 aliphatic heterocycles. The van der Waals surface area contributed by atoms with E-state index in [9.17, 15) is 5.26 Å². The molecule has 1 aromatic rings. The Morgan fingerprint density at radius 2 is 1.94 bits per heavy atom. The summed E-state index contributed by atoms with van der Waals surface area (Å²) in [5.41, 5.74) is 6.79. The van der Waals surface area contributed by atoms with Crippen LogP contribution >= 0.6 is 0 Å². The summed E-state index contributed by atoms with van der Waals surface area (Å²) in [4.78, 5) is 0. The molecule has 2 aliphatic rings. The number of hydrogen-bond acceptors (Lipinski definition) is 4. The first-order valence-electron chi connectivity index (χ1n) is 6.32. The molecule has 0 saturated heterocycles. The van der Waals surface area contributed by atoms with E-state index in [1.54, 1.807) is 0 Å². The minimum atomic E-state index is -0.361. The molecular formula is C14H16N2O2. The van der Waals surface area contributed by atoms with Crippen molar-refractivity contribution in [2.75, 3.05) is 13.2 Å². The van der Waals surface area contributed by atoms with Crippen LogP contribution in [0.25, 0.3) is 0 Å². The van der Waals surface area contributed by atoms with Gasteiger partial charge in [0, 0.05) is 12.5 Å². The summed E-state index contributed by atoms with van der Waals surface area (Å²) in [5, 5.41) is 9.19. The molecule has 18 heavy (non-hydrogen) atoms. The van der Waals surface area contributed by atoms with Gasteiger partial charge in [-0.05, 0) is 30.5 Å². The average molecular weight is 244 g/mol. The monoisotopic (exact) mass is 244 g/mol. The second-order valence-corrected chi connectivity index (χ2v) is 5.00. The molecular weight excluding hydrogens is 228 g/mol. The number of nitriles is 1. The number of rotatable bonds is 2. The first-order chi connectivity index (χ1) is 8.75. The van der Waals surface area contributed by atoms with E-state index < -0.39 is 0 Å². The van der Waals surface area contributed by atoms with Gasteiger partial charge in [0.15, 0.2) is 11.5 Å². The van der Waals surface area contributed by atoms with E-state index in [-0.39, 0.29) is 11.5 Å². The summed E-state index contributed by atoms with van der Waals surface area (Å²) < 4.78 is 11.2. The van der Waals surface area contributed by atoms with Crippen LogP contribution in [0, 0.1) is 16.7 Å². The van der Waals surface area contributed by atoms with Crippen molar-refractivity contribution in [1.82, 2.24) is 0 Å². The van der Waals surface area contributed by atoms with Gasteiger partial charge in [-0.15, -0.1) is 0 Å². The normalized spacial score (nSPS) is 21.6. The fourth-order valence-electron chi connectivity index (χ4n) is 2.32. The lowest BCUT2D eigenvalue weighted by Crippen LogP contribution is -2.21. The molecule has 94 valence electrons. The van der Waals surface area contributed by atoms with Gasteiger partial charge in [0.1, 0.15) is 0 Å². The van der Waals surface area contributed by atoms with E-state index in [2.05, 4.69) is 6.07 Å². The van der Waals surface area contributed by atoms with Crippen LogP contribution in [0.4, 0.5) is 0 Å². The zero-order valence-electron chi connectivity index (χ0n) is 10.2. The third-order valence-electron chi connectivity index (χ3n) is 3.74. The Hall–Kier alpha value is -1.73. The molecule has 0 radical (unpaired) electrons. The molecule has 2 N–H and O–H groups in total. The lowest BCUT2D eigenvalue weighted by molar-refractivity contribution is 0.297. The third kappa shape index (κ3) is 1.81. The molecule has 4 nitrogen and oxygen atoms in total. The summed E-state index contributed by atoms with van der Waals surface area (Å²) in [6.45, 7) is 1.34. The Morgan fingerprint density at radius 3 is 2.61 bits per heavy atom. The van der Waals surface area contributed by atoms with E-state index >= 15 is 0 Å². The predicted octanol–water partition coefficient (Wildman–Crippen LogP) is 2.15. The van der Waals surface area contributed by atoms with Crippen molar-refractivity contribution >= 4 is 0 Å². The molecule has 0 bridgehead atoms. The molecule has 3 rings (SSSR count). The van der Waals surface area contributed by atoms with Crippen molar-refractivity contribution in [3.8, 4) is 17.6 Å². The van der Waals surface area contributed by atoms with Crippen molar-refractivity contribution < 1.29 is 9.47 Å². The predicted molar refractivity (Wildman–Crippen MR) is 66.3 cm³/mol. The van der Waals surface area contributed by atoms with Crippen LogP contribution in [-0.2, 0) is 0 Å². The Kier molecular flexibility index (Phi) is 2.64. The number of ether oxygens (including phenoxy) is 2. The zero-order chi connectivity index (χ0) is 12.6. The van der Waals surface area contributed by atoms with E-state index in [0.29, 0.717) is 13.2 Å². The first-order valence-corrected chi connectivity index (χ1v) is 6.32. The SMILES string of the molecule is N#CC1(C(N)c2ccc3c(c2)OCCCO3)CC1. The number of benzene rings is 1. The van der Waals surface area contributed by atoms with Crippen LogP contribution in [0.3, 0.4) is 0 Å².